The Balaban J connectivity index is 1.63. The largest absolute Gasteiger partial charge is 0.507 e. The maximum absolute atomic E-state index is 10.8. The van der Waals surface area contributed by atoms with Crippen LogP contribution in [0.4, 0.5) is 0 Å². The highest BCUT2D eigenvalue weighted by molar-refractivity contribution is 5.84. The van der Waals surface area contributed by atoms with Crippen molar-refractivity contribution in [1.29, 1.82) is 0 Å². The average Bonchev–Trinajstić information content (AvgIpc) is 2.61. The molecule has 0 aliphatic heterocycles. The Bertz CT molecular complexity index is 612. The molecule has 2 aliphatic rings. The quantitative estimate of drug-likeness (QED) is 0.600. The lowest BCUT2D eigenvalue weighted by atomic mass is 9.71. The number of benzene rings is 1. The Morgan fingerprint density at radius 3 is 2.23 bits per heavy atom. The number of aromatic hydroxyl groups is 1. The molecule has 0 heterocycles. The van der Waals surface area contributed by atoms with E-state index >= 15 is 0 Å². The smallest absolute Gasteiger partial charge is 0.127 e. The predicted octanol–water partition coefficient (Wildman–Crippen LogP) is 6.71. The summed E-state index contributed by atoms with van der Waals surface area (Å²) in [5, 5.41) is 10.8. The van der Waals surface area contributed by atoms with Gasteiger partial charge in [-0.25, -0.2) is 0 Å². The number of hydrogen-bond donors (Lipinski definition) is 1. The fraction of sp³-hybridized carbons (Fsp3) is 0.708. The number of para-hydroxylation sites is 1. The highest BCUT2D eigenvalue weighted by atomic mass is 16.3. The fourth-order valence-corrected chi connectivity index (χ4v) is 4.86. The molecular formula is C24H37NO. The second-order valence-electron chi connectivity index (χ2n) is 9.89. The van der Waals surface area contributed by atoms with Gasteiger partial charge in [0.25, 0.3) is 0 Å². The topological polar surface area (TPSA) is 32.6 Å². The Kier molecular flexibility index (Phi) is 6.10. The van der Waals surface area contributed by atoms with Crippen LogP contribution in [0.2, 0.25) is 0 Å². The summed E-state index contributed by atoms with van der Waals surface area (Å²) in [5.74, 6) is 2.64. The first-order valence-corrected chi connectivity index (χ1v) is 10.7. The molecule has 3 rings (SSSR count). The van der Waals surface area contributed by atoms with E-state index in [1.807, 2.05) is 12.3 Å². The Morgan fingerprint density at radius 2 is 1.62 bits per heavy atom. The van der Waals surface area contributed by atoms with E-state index in [0.29, 0.717) is 23.1 Å². The summed E-state index contributed by atoms with van der Waals surface area (Å²) in [5.41, 5.74) is 2.45. The lowest BCUT2D eigenvalue weighted by Crippen LogP contribution is -2.27. The zero-order valence-corrected chi connectivity index (χ0v) is 17.2. The number of phenols is 1. The molecule has 0 bridgehead atoms. The van der Waals surface area contributed by atoms with E-state index < -0.39 is 0 Å². The van der Waals surface area contributed by atoms with Crippen LogP contribution in [0.25, 0.3) is 0 Å². The minimum Gasteiger partial charge on any atom is -0.507 e. The van der Waals surface area contributed by atoms with Crippen LogP contribution in [0, 0.1) is 17.3 Å². The molecule has 2 nitrogen and oxygen atoms in total. The third-order valence-electron chi connectivity index (χ3n) is 6.90. The Labute approximate surface area is 160 Å². The maximum Gasteiger partial charge on any atom is 0.127 e. The van der Waals surface area contributed by atoms with Crippen LogP contribution in [0.15, 0.2) is 23.2 Å². The first-order chi connectivity index (χ1) is 12.3. The van der Waals surface area contributed by atoms with Crippen molar-refractivity contribution in [3.63, 3.8) is 0 Å². The van der Waals surface area contributed by atoms with Crippen LogP contribution in [0.3, 0.4) is 0 Å². The summed E-state index contributed by atoms with van der Waals surface area (Å²) < 4.78 is 0. The summed E-state index contributed by atoms with van der Waals surface area (Å²) in [4.78, 5) is 4.84. The van der Waals surface area contributed by atoms with Gasteiger partial charge in [0, 0.05) is 17.8 Å². The van der Waals surface area contributed by atoms with Gasteiger partial charge in [0.2, 0.25) is 0 Å². The molecule has 0 saturated heterocycles. The molecule has 0 aromatic heterocycles. The van der Waals surface area contributed by atoms with Crippen molar-refractivity contribution in [2.75, 3.05) is 0 Å². The molecular weight excluding hydrogens is 318 g/mol. The first-order valence-electron chi connectivity index (χ1n) is 10.7. The molecule has 2 saturated carbocycles. The van der Waals surface area contributed by atoms with E-state index in [1.165, 1.54) is 51.4 Å². The first kappa shape index (κ1) is 19.5. The van der Waals surface area contributed by atoms with Crippen LogP contribution in [0.5, 0.6) is 5.75 Å². The molecule has 1 aromatic carbocycles. The van der Waals surface area contributed by atoms with Gasteiger partial charge in [-0.2, -0.15) is 0 Å². The van der Waals surface area contributed by atoms with E-state index in [9.17, 15) is 5.11 Å². The van der Waals surface area contributed by atoms with Gasteiger partial charge in [-0.3, -0.25) is 4.99 Å². The van der Waals surface area contributed by atoms with Crippen molar-refractivity contribution in [3.8, 4) is 5.75 Å². The third-order valence-corrected chi connectivity index (χ3v) is 6.90. The van der Waals surface area contributed by atoms with Crippen LogP contribution in [-0.2, 0) is 0 Å². The van der Waals surface area contributed by atoms with Crippen molar-refractivity contribution in [1.82, 2.24) is 0 Å². The summed E-state index contributed by atoms with van der Waals surface area (Å²) in [6.07, 6.45) is 11.8. The van der Waals surface area contributed by atoms with Gasteiger partial charge in [0.05, 0.1) is 0 Å². The maximum atomic E-state index is 10.8. The van der Waals surface area contributed by atoms with Crippen molar-refractivity contribution >= 4 is 6.21 Å². The normalized spacial score (nSPS) is 30.6. The van der Waals surface area contributed by atoms with Crippen LogP contribution in [-0.4, -0.2) is 17.4 Å². The number of aliphatic imine (C=N–C) groups is 1. The van der Waals surface area contributed by atoms with Gasteiger partial charge in [0.15, 0.2) is 0 Å². The van der Waals surface area contributed by atoms with E-state index in [-0.39, 0.29) is 0 Å². The summed E-state index contributed by atoms with van der Waals surface area (Å²) in [7, 11) is 0. The molecule has 1 N–H and O–H groups in total. The van der Waals surface area contributed by atoms with Gasteiger partial charge in [-0.1, -0.05) is 52.7 Å². The van der Waals surface area contributed by atoms with E-state index in [1.54, 1.807) is 0 Å². The molecule has 26 heavy (non-hydrogen) atoms. The van der Waals surface area contributed by atoms with Gasteiger partial charge in [0.1, 0.15) is 5.75 Å². The molecule has 144 valence electrons. The van der Waals surface area contributed by atoms with Crippen molar-refractivity contribution < 1.29 is 5.11 Å². The van der Waals surface area contributed by atoms with E-state index in [4.69, 9.17) is 4.99 Å². The van der Waals surface area contributed by atoms with Crippen LogP contribution < -0.4 is 0 Å². The zero-order valence-electron chi connectivity index (χ0n) is 17.2. The van der Waals surface area contributed by atoms with Crippen LogP contribution in [0.1, 0.15) is 96.1 Å². The van der Waals surface area contributed by atoms with Crippen molar-refractivity contribution in [3.05, 3.63) is 29.3 Å². The summed E-state index contributed by atoms with van der Waals surface area (Å²) >= 11 is 0. The molecule has 2 heteroatoms. The van der Waals surface area contributed by atoms with Crippen molar-refractivity contribution in [2.45, 2.75) is 91.0 Å². The SMILES string of the molecule is CC1CCC(c2cccc(C=NC3CCC(C(C)(C)C)CC3)c2O)CC1. The van der Waals surface area contributed by atoms with Crippen LogP contribution >= 0.6 is 0 Å². The highest BCUT2D eigenvalue weighted by Crippen LogP contribution is 2.40. The molecule has 0 atom stereocenters. The average molecular weight is 356 g/mol. The monoisotopic (exact) mass is 355 g/mol. The summed E-state index contributed by atoms with van der Waals surface area (Å²) in [6, 6.07) is 6.63. The number of phenolic OH excluding ortho intramolecular Hbond substituents is 1. The number of nitrogens with zero attached hydrogens (tertiary/aromatic N) is 1. The van der Waals surface area contributed by atoms with Crippen molar-refractivity contribution in [2.24, 2.45) is 22.2 Å². The fourth-order valence-electron chi connectivity index (χ4n) is 4.86. The van der Waals surface area contributed by atoms with E-state index in [2.05, 4.69) is 39.8 Å². The third kappa shape index (κ3) is 4.69. The second kappa shape index (κ2) is 8.15. The molecule has 0 unspecified atom stereocenters. The molecule has 1 aromatic rings. The standard InChI is InChI=1S/C24H37NO/c1-17-8-10-18(11-9-17)22-7-5-6-19(23(22)26)16-25-21-14-12-20(13-15-21)24(2,3)4/h5-7,16-18,20-21,26H,8-15H2,1-4H3. The molecule has 0 amide bonds. The molecule has 2 fully saturated rings. The lowest BCUT2D eigenvalue weighted by Gasteiger charge is -2.35. The minimum atomic E-state index is 0.415. The zero-order chi connectivity index (χ0) is 18.7. The van der Waals surface area contributed by atoms with Gasteiger partial charge in [-0.15, -0.1) is 0 Å². The van der Waals surface area contributed by atoms with Gasteiger partial charge in [-0.05, 0) is 73.3 Å². The Hall–Kier alpha value is -1.31. The van der Waals surface area contributed by atoms with E-state index in [0.717, 1.165) is 23.0 Å². The number of rotatable bonds is 3. The summed E-state index contributed by atoms with van der Waals surface area (Å²) in [6.45, 7) is 9.41. The molecule has 0 spiro atoms. The van der Waals surface area contributed by atoms with Gasteiger partial charge >= 0.3 is 0 Å². The lowest BCUT2D eigenvalue weighted by molar-refractivity contribution is 0.170. The second-order valence-corrected chi connectivity index (χ2v) is 9.89. The van der Waals surface area contributed by atoms with Gasteiger partial charge < -0.3 is 5.11 Å². The number of hydrogen-bond acceptors (Lipinski definition) is 2. The predicted molar refractivity (Wildman–Crippen MR) is 111 cm³/mol. The highest BCUT2D eigenvalue weighted by Gasteiger charge is 2.29. The minimum absolute atomic E-state index is 0.415. The Morgan fingerprint density at radius 1 is 0.962 bits per heavy atom. The molecule has 0 radical (unpaired) electrons. The molecule has 2 aliphatic carbocycles.